The smallest absolute Gasteiger partial charge is 0.158 e. The van der Waals surface area contributed by atoms with Gasteiger partial charge in [0.2, 0.25) is 0 Å². The molecule has 0 aromatic rings. The molecule has 0 aliphatic carbocycles. The van der Waals surface area contributed by atoms with Gasteiger partial charge in [-0.05, 0) is 0 Å². The molecular formula is C4H7O2. The van der Waals surface area contributed by atoms with Gasteiger partial charge in [0, 0.05) is 14.0 Å². The molecule has 0 rings (SSSR count). The van der Waals surface area contributed by atoms with E-state index in [1.807, 2.05) is 0 Å². The van der Waals surface area contributed by atoms with Crippen LogP contribution in [-0.4, -0.2) is 19.5 Å². The SMILES string of the molecule is [CH2]C(=O)COC. The van der Waals surface area contributed by atoms with E-state index < -0.39 is 0 Å². The summed E-state index contributed by atoms with van der Waals surface area (Å²) in [5, 5.41) is 0. The van der Waals surface area contributed by atoms with Crippen LogP contribution in [0.2, 0.25) is 0 Å². The summed E-state index contributed by atoms with van der Waals surface area (Å²) in [7, 11) is 1.46. The first-order valence-corrected chi connectivity index (χ1v) is 1.61. The molecule has 2 heteroatoms. The lowest BCUT2D eigenvalue weighted by Gasteiger charge is -1.84. The van der Waals surface area contributed by atoms with Crippen molar-refractivity contribution in [2.75, 3.05) is 13.7 Å². The zero-order valence-electron chi connectivity index (χ0n) is 3.73. The maximum Gasteiger partial charge on any atom is 0.158 e. The molecule has 2 nitrogen and oxygen atoms in total. The Hall–Kier alpha value is -0.370. The van der Waals surface area contributed by atoms with Crippen molar-refractivity contribution in [1.82, 2.24) is 0 Å². The molecule has 0 bridgehead atoms. The first-order valence-electron chi connectivity index (χ1n) is 1.61. The van der Waals surface area contributed by atoms with Gasteiger partial charge in [0.15, 0.2) is 5.78 Å². The van der Waals surface area contributed by atoms with Gasteiger partial charge >= 0.3 is 0 Å². The van der Waals surface area contributed by atoms with Crippen molar-refractivity contribution >= 4 is 5.78 Å². The number of Topliss-reactive ketones (excluding diaryl/α,β-unsaturated/α-hetero) is 1. The second-order valence-electron chi connectivity index (χ2n) is 0.972. The van der Waals surface area contributed by atoms with Crippen molar-refractivity contribution < 1.29 is 9.53 Å². The lowest BCUT2D eigenvalue weighted by molar-refractivity contribution is -0.118. The van der Waals surface area contributed by atoms with Crippen molar-refractivity contribution in [2.24, 2.45) is 0 Å². The number of rotatable bonds is 2. The third kappa shape index (κ3) is 3.63. The van der Waals surface area contributed by atoms with E-state index in [0.29, 0.717) is 0 Å². The number of methoxy groups -OCH3 is 1. The summed E-state index contributed by atoms with van der Waals surface area (Å²) in [6, 6.07) is 0. The molecule has 0 N–H and O–H groups in total. The topological polar surface area (TPSA) is 26.3 Å². The van der Waals surface area contributed by atoms with Crippen LogP contribution in [0.4, 0.5) is 0 Å². The molecule has 0 heterocycles. The molecule has 0 fully saturated rings. The Labute approximate surface area is 37.1 Å². The van der Waals surface area contributed by atoms with Gasteiger partial charge in [-0.3, -0.25) is 4.79 Å². The van der Waals surface area contributed by atoms with E-state index >= 15 is 0 Å². The van der Waals surface area contributed by atoms with Crippen molar-refractivity contribution in [3.05, 3.63) is 6.92 Å². The Bertz CT molecular complexity index is 49.5. The van der Waals surface area contributed by atoms with Gasteiger partial charge in [0.1, 0.15) is 6.61 Å². The third-order valence-corrected chi connectivity index (χ3v) is 0.305. The molecule has 35 valence electrons. The molecule has 0 aliphatic rings. The average molecular weight is 87.1 g/mol. The fourth-order valence-electron chi connectivity index (χ4n) is 0.161. The number of hydrogen-bond acceptors (Lipinski definition) is 2. The first kappa shape index (κ1) is 5.63. The molecule has 0 aliphatic heterocycles. The van der Waals surface area contributed by atoms with Crippen LogP contribution in [0.25, 0.3) is 0 Å². The molecule has 0 saturated carbocycles. The molecule has 1 radical (unpaired) electrons. The highest BCUT2D eigenvalue weighted by atomic mass is 16.5. The molecule has 0 unspecified atom stereocenters. The van der Waals surface area contributed by atoms with E-state index in [9.17, 15) is 4.79 Å². The lowest BCUT2D eigenvalue weighted by Crippen LogP contribution is -1.99. The highest BCUT2D eigenvalue weighted by molar-refractivity contribution is 5.83. The molecular weight excluding hydrogens is 80.0 g/mol. The highest BCUT2D eigenvalue weighted by Gasteiger charge is 1.84. The fraction of sp³-hybridized carbons (Fsp3) is 0.500. The molecule has 0 aromatic heterocycles. The minimum absolute atomic E-state index is 0.125. The Balaban J connectivity index is 2.83. The van der Waals surface area contributed by atoms with Gasteiger partial charge in [-0.2, -0.15) is 0 Å². The van der Waals surface area contributed by atoms with Gasteiger partial charge in [-0.1, -0.05) is 0 Å². The Kier molecular flexibility index (Phi) is 2.67. The number of hydrogen-bond donors (Lipinski definition) is 0. The molecule has 0 amide bonds. The predicted molar refractivity (Wildman–Crippen MR) is 22.2 cm³/mol. The molecule has 0 spiro atoms. The van der Waals surface area contributed by atoms with Gasteiger partial charge in [-0.15, -0.1) is 0 Å². The van der Waals surface area contributed by atoms with E-state index in [2.05, 4.69) is 11.7 Å². The van der Waals surface area contributed by atoms with Crippen molar-refractivity contribution in [3.8, 4) is 0 Å². The zero-order valence-corrected chi connectivity index (χ0v) is 3.73. The minimum atomic E-state index is -0.183. The molecule has 0 aromatic carbocycles. The largest absolute Gasteiger partial charge is 0.377 e. The van der Waals surface area contributed by atoms with Crippen LogP contribution in [0.15, 0.2) is 0 Å². The number of carbonyl (C=O) groups is 1. The second kappa shape index (κ2) is 2.85. The molecule has 0 atom stereocenters. The fourth-order valence-corrected chi connectivity index (χ4v) is 0.161. The van der Waals surface area contributed by atoms with Crippen molar-refractivity contribution in [3.63, 3.8) is 0 Å². The standard InChI is InChI=1S/C4H7O2/c1-4(5)3-6-2/h1,3H2,2H3. The van der Waals surface area contributed by atoms with Gasteiger partial charge < -0.3 is 4.74 Å². The number of ketones is 1. The summed E-state index contributed by atoms with van der Waals surface area (Å²) >= 11 is 0. The maximum absolute atomic E-state index is 9.81. The zero-order chi connectivity index (χ0) is 4.99. The van der Waals surface area contributed by atoms with Gasteiger partial charge in [0.25, 0.3) is 0 Å². The van der Waals surface area contributed by atoms with Crippen LogP contribution in [0.5, 0.6) is 0 Å². The summed E-state index contributed by atoms with van der Waals surface area (Å²) in [4.78, 5) is 9.81. The first-order chi connectivity index (χ1) is 2.77. The Morgan fingerprint density at radius 1 is 2.00 bits per heavy atom. The quantitative estimate of drug-likeness (QED) is 0.475. The predicted octanol–water partition coefficient (Wildman–Crippen LogP) is 0.0360. The van der Waals surface area contributed by atoms with Crippen LogP contribution in [0.1, 0.15) is 0 Å². The van der Waals surface area contributed by atoms with Crippen LogP contribution in [-0.2, 0) is 9.53 Å². The summed E-state index contributed by atoms with van der Waals surface area (Å²) in [6.07, 6.45) is 0. The summed E-state index contributed by atoms with van der Waals surface area (Å²) in [6.45, 7) is 3.19. The van der Waals surface area contributed by atoms with Crippen molar-refractivity contribution in [1.29, 1.82) is 0 Å². The summed E-state index contributed by atoms with van der Waals surface area (Å²) in [5.41, 5.74) is 0. The van der Waals surface area contributed by atoms with Crippen LogP contribution in [0, 0.1) is 6.92 Å². The second-order valence-corrected chi connectivity index (χ2v) is 0.972. The van der Waals surface area contributed by atoms with E-state index in [1.165, 1.54) is 7.11 Å². The molecule has 6 heavy (non-hydrogen) atoms. The van der Waals surface area contributed by atoms with E-state index in [0.717, 1.165) is 0 Å². The normalized spacial score (nSPS) is 8.33. The Morgan fingerprint density at radius 2 is 2.50 bits per heavy atom. The lowest BCUT2D eigenvalue weighted by atomic mass is 10.5. The van der Waals surface area contributed by atoms with Crippen LogP contribution < -0.4 is 0 Å². The van der Waals surface area contributed by atoms with E-state index in [-0.39, 0.29) is 12.4 Å². The highest BCUT2D eigenvalue weighted by Crippen LogP contribution is 1.65. The van der Waals surface area contributed by atoms with Crippen molar-refractivity contribution in [2.45, 2.75) is 0 Å². The third-order valence-electron chi connectivity index (χ3n) is 0.305. The number of carbonyl (C=O) groups excluding carboxylic acids is 1. The summed E-state index contributed by atoms with van der Waals surface area (Å²) in [5.74, 6) is -0.183. The molecule has 0 saturated heterocycles. The van der Waals surface area contributed by atoms with E-state index in [1.54, 1.807) is 0 Å². The average Bonchev–Trinajstić information content (AvgIpc) is 1.35. The Morgan fingerprint density at radius 3 is 2.50 bits per heavy atom. The van der Waals surface area contributed by atoms with E-state index in [4.69, 9.17) is 0 Å². The maximum atomic E-state index is 9.81. The van der Waals surface area contributed by atoms with Gasteiger partial charge in [0.05, 0.1) is 0 Å². The van der Waals surface area contributed by atoms with Crippen LogP contribution in [0.3, 0.4) is 0 Å². The van der Waals surface area contributed by atoms with Crippen LogP contribution >= 0.6 is 0 Å². The summed E-state index contributed by atoms with van der Waals surface area (Å²) < 4.78 is 4.39. The number of ether oxygens (including phenoxy) is 1. The van der Waals surface area contributed by atoms with Gasteiger partial charge in [-0.25, -0.2) is 0 Å². The minimum Gasteiger partial charge on any atom is -0.377 e. The monoisotopic (exact) mass is 87.0 g/mol.